The quantitative estimate of drug-likeness (QED) is 0.598. The number of benzene rings is 1. The molecule has 6 heteroatoms. The number of hydrazone groups is 1. The number of hydrogen-bond donors (Lipinski definition) is 1. The Balaban J connectivity index is 1.93. The molecule has 0 aliphatic carbocycles. The molecule has 24 heavy (non-hydrogen) atoms. The fraction of sp³-hybridized carbons (Fsp3) is 0.333. The summed E-state index contributed by atoms with van der Waals surface area (Å²) < 4.78 is 12.8. The fourth-order valence-electron chi connectivity index (χ4n) is 2.16. The summed E-state index contributed by atoms with van der Waals surface area (Å²) in [5, 5.41) is 3.99. The van der Waals surface area contributed by atoms with E-state index in [1.54, 1.807) is 13.3 Å². The highest BCUT2D eigenvalue weighted by Gasteiger charge is 2.06. The molecule has 1 aromatic heterocycles. The van der Waals surface area contributed by atoms with Crippen molar-refractivity contribution in [3.8, 4) is 11.5 Å². The molecule has 2 aromatic rings. The summed E-state index contributed by atoms with van der Waals surface area (Å²) in [6, 6.07) is 9.32. The molecular formula is C18H23N3O3. The van der Waals surface area contributed by atoms with E-state index in [1.165, 1.54) is 0 Å². The predicted octanol–water partition coefficient (Wildman–Crippen LogP) is 2.52. The number of carbonyl (C=O) groups is 1. The van der Waals surface area contributed by atoms with Crippen LogP contribution < -0.4 is 14.9 Å². The molecule has 0 unspecified atom stereocenters. The van der Waals surface area contributed by atoms with Gasteiger partial charge in [-0.05, 0) is 42.3 Å². The zero-order valence-corrected chi connectivity index (χ0v) is 14.3. The molecule has 0 aliphatic rings. The molecule has 0 bridgehead atoms. The number of ether oxygens (including phenoxy) is 2. The van der Waals surface area contributed by atoms with Crippen LogP contribution in [-0.4, -0.2) is 30.4 Å². The minimum absolute atomic E-state index is 0.164. The van der Waals surface area contributed by atoms with Gasteiger partial charge in [0.2, 0.25) is 5.91 Å². The van der Waals surface area contributed by atoms with Crippen molar-refractivity contribution in [1.82, 2.24) is 9.99 Å². The summed E-state index contributed by atoms with van der Waals surface area (Å²) >= 11 is 0. The number of hydrogen-bond acceptors (Lipinski definition) is 4. The highest BCUT2D eigenvalue weighted by molar-refractivity contribution is 5.83. The number of aromatic nitrogens is 1. The van der Waals surface area contributed by atoms with Crippen molar-refractivity contribution in [2.75, 3.05) is 13.7 Å². The SMILES string of the molecule is CCCOc1ccc(/C=N/NC(=O)Cc2cccn2C)cc1OC. The number of aryl methyl sites for hydroxylation is 1. The van der Waals surface area contributed by atoms with Crippen molar-refractivity contribution >= 4 is 12.1 Å². The Morgan fingerprint density at radius 1 is 1.33 bits per heavy atom. The van der Waals surface area contributed by atoms with E-state index in [-0.39, 0.29) is 12.3 Å². The molecular weight excluding hydrogens is 306 g/mol. The van der Waals surface area contributed by atoms with Crippen LogP contribution in [0.25, 0.3) is 0 Å². The molecule has 0 radical (unpaired) electrons. The Kier molecular flexibility index (Phi) is 6.42. The molecule has 0 atom stereocenters. The maximum atomic E-state index is 11.9. The zero-order chi connectivity index (χ0) is 17.4. The van der Waals surface area contributed by atoms with E-state index < -0.39 is 0 Å². The van der Waals surface area contributed by atoms with E-state index in [9.17, 15) is 4.79 Å². The van der Waals surface area contributed by atoms with Crippen molar-refractivity contribution < 1.29 is 14.3 Å². The highest BCUT2D eigenvalue weighted by atomic mass is 16.5. The Labute approximate surface area is 142 Å². The summed E-state index contributed by atoms with van der Waals surface area (Å²) in [6.45, 7) is 2.69. The normalized spacial score (nSPS) is 10.8. The second kappa shape index (κ2) is 8.76. The molecule has 6 nitrogen and oxygen atoms in total. The lowest BCUT2D eigenvalue weighted by Gasteiger charge is -2.10. The summed E-state index contributed by atoms with van der Waals surface area (Å²) in [5.41, 5.74) is 4.28. The molecule has 128 valence electrons. The lowest BCUT2D eigenvalue weighted by Crippen LogP contribution is -2.20. The van der Waals surface area contributed by atoms with Crippen LogP contribution in [0.1, 0.15) is 24.6 Å². The first-order valence-electron chi connectivity index (χ1n) is 7.87. The van der Waals surface area contributed by atoms with Crippen LogP contribution in [0.5, 0.6) is 11.5 Å². The van der Waals surface area contributed by atoms with Gasteiger partial charge in [-0.15, -0.1) is 0 Å². The van der Waals surface area contributed by atoms with Crippen molar-refractivity contribution in [1.29, 1.82) is 0 Å². The van der Waals surface area contributed by atoms with Gasteiger partial charge in [0.1, 0.15) is 0 Å². The van der Waals surface area contributed by atoms with E-state index in [0.717, 1.165) is 17.7 Å². The minimum atomic E-state index is -0.164. The summed E-state index contributed by atoms with van der Waals surface area (Å²) in [7, 11) is 3.50. The van der Waals surface area contributed by atoms with Gasteiger partial charge in [-0.1, -0.05) is 6.92 Å². The number of nitrogens with zero attached hydrogens (tertiary/aromatic N) is 2. The van der Waals surface area contributed by atoms with Crippen LogP contribution in [-0.2, 0) is 18.3 Å². The first kappa shape index (κ1) is 17.6. The maximum Gasteiger partial charge on any atom is 0.245 e. The number of nitrogens with one attached hydrogen (secondary N) is 1. The van der Waals surface area contributed by atoms with Crippen LogP contribution >= 0.6 is 0 Å². The summed E-state index contributed by atoms with van der Waals surface area (Å²) in [4.78, 5) is 11.9. The first-order chi connectivity index (χ1) is 11.6. The predicted molar refractivity (Wildman–Crippen MR) is 93.6 cm³/mol. The average Bonchev–Trinajstić information content (AvgIpc) is 2.98. The monoisotopic (exact) mass is 329 g/mol. The van der Waals surface area contributed by atoms with Crippen LogP contribution in [0.4, 0.5) is 0 Å². The third-order valence-corrected chi connectivity index (χ3v) is 3.45. The average molecular weight is 329 g/mol. The van der Waals surface area contributed by atoms with Crippen molar-refractivity contribution in [2.45, 2.75) is 19.8 Å². The third kappa shape index (κ3) is 4.87. The van der Waals surface area contributed by atoms with Crippen molar-refractivity contribution in [2.24, 2.45) is 12.1 Å². The lowest BCUT2D eigenvalue weighted by atomic mass is 10.2. The molecule has 1 amide bonds. The minimum Gasteiger partial charge on any atom is -0.493 e. The standard InChI is InChI=1S/C18H23N3O3/c1-4-10-24-16-8-7-14(11-17(16)23-3)13-19-20-18(22)12-15-6-5-9-21(15)2/h5-9,11,13H,4,10,12H2,1-3H3,(H,20,22)/b19-13+. The van der Waals surface area contributed by atoms with Crippen LogP contribution in [0.2, 0.25) is 0 Å². The summed E-state index contributed by atoms with van der Waals surface area (Å²) in [6.07, 6.45) is 4.70. The Hall–Kier alpha value is -2.76. The van der Waals surface area contributed by atoms with Gasteiger partial charge in [0.25, 0.3) is 0 Å². The van der Waals surface area contributed by atoms with Gasteiger partial charge < -0.3 is 14.0 Å². The van der Waals surface area contributed by atoms with Crippen LogP contribution in [0, 0.1) is 0 Å². The molecule has 0 fully saturated rings. The number of carbonyl (C=O) groups excluding carboxylic acids is 1. The summed E-state index contributed by atoms with van der Waals surface area (Å²) in [5.74, 6) is 1.18. The molecule has 1 aromatic carbocycles. The van der Waals surface area contributed by atoms with Crippen LogP contribution in [0.3, 0.4) is 0 Å². The second-order valence-corrected chi connectivity index (χ2v) is 5.34. The van der Waals surface area contributed by atoms with Gasteiger partial charge >= 0.3 is 0 Å². The maximum absolute atomic E-state index is 11.9. The number of rotatable bonds is 8. The van der Waals surface area contributed by atoms with Gasteiger partial charge in [0.05, 0.1) is 26.4 Å². The molecule has 0 saturated heterocycles. The topological polar surface area (TPSA) is 64.8 Å². The largest absolute Gasteiger partial charge is 0.493 e. The second-order valence-electron chi connectivity index (χ2n) is 5.34. The smallest absolute Gasteiger partial charge is 0.245 e. The lowest BCUT2D eigenvalue weighted by molar-refractivity contribution is -0.120. The van der Waals surface area contributed by atoms with Crippen LogP contribution in [0.15, 0.2) is 41.6 Å². The molecule has 1 heterocycles. The van der Waals surface area contributed by atoms with Crippen molar-refractivity contribution in [3.05, 3.63) is 47.8 Å². The first-order valence-corrected chi connectivity index (χ1v) is 7.87. The van der Waals surface area contributed by atoms with Gasteiger partial charge in [0, 0.05) is 18.9 Å². The zero-order valence-electron chi connectivity index (χ0n) is 14.3. The van der Waals surface area contributed by atoms with Gasteiger partial charge in [-0.3, -0.25) is 4.79 Å². The van der Waals surface area contributed by atoms with E-state index in [0.29, 0.717) is 18.1 Å². The van der Waals surface area contributed by atoms with Crippen molar-refractivity contribution in [3.63, 3.8) is 0 Å². The number of amides is 1. The van der Waals surface area contributed by atoms with E-state index in [1.807, 2.05) is 55.1 Å². The molecule has 2 rings (SSSR count). The van der Waals surface area contributed by atoms with E-state index >= 15 is 0 Å². The molecule has 1 N–H and O–H groups in total. The van der Waals surface area contributed by atoms with Gasteiger partial charge in [-0.2, -0.15) is 5.10 Å². The highest BCUT2D eigenvalue weighted by Crippen LogP contribution is 2.27. The van der Waals surface area contributed by atoms with Gasteiger partial charge in [-0.25, -0.2) is 5.43 Å². The molecule has 0 aliphatic heterocycles. The Morgan fingerprint density at radius 3 is 2.83 bits per heavy atom. The van der Waals surface area contributed by atoms with Gasteiger partial charge in [0.15, 0.2) is 11.5 Å². The number of methoxy groups -OCH3 is 1. The fourth-order valence-corrected chi connectivity index (χ4v) is 2.16. The Morgan fingerprint density at radius 2 is 2.17 bits per heavy atom. The Bertz CT molecular complexity index is 707. The third-order valence-electron chi connectivity index (χ3n) is 3.45. The molecule has 0 spiro atoms. The molecule has 0 saturated carbocycles. The van der Waals surface area contributed by atoms with E-state index in [2.05, 4.69) is 10.5 Å². The van der Waals surface area contributed by atoms with E-state index in [4.69, 9.17) is 9.47 Å².